The number of benzene rings is 1. The minimum absolute atomic E-state index is 0.289. The summed E-state index contributed by atoms with van der Waals surface area (Å²) >= 11 is 0. The summed E-state index contributed by atoms with van der Waals surface area (Å²) in [6, 6.07) is 4.87. The molecule has 2 amide bonds. The smallest absolute Gasteiger partial charge is 0.318 e. The lowest BCUT2D eigenvalue weighted by atomic mass is 10.2. The Morgan fingerprint density at radius 2 is 2.00 bits per heavy atom. The van der Waals surface area contributed by atoms with Crippen molar-refractivity contribution in [1.82, 2.24) is 5.32 Å². The molecule has 2 N–H and O–H groups in total. The third-order valence-electron chi connectivity index (χ3n) is 2.19. The number of carbonyl (C=O) groups excluding carboxylic acids is 1. The predicted octanol–water partition coefficient (Wildman–Crippen LogP) is 1.47. The minimum Gasteiger partial charge on any atom is -0.493 e. The fraction of sp³-hybridized carbons (Fsp3) is 0.417. The normalized spacial score (nSPS) is 9.72. The van der Waals surface area contributed by atoms with E-state index in [1.807, 2.05) is 0 Å². The van der Waals surface area contributed by atoms with E-state index in [1.165, 1.54) is 0 Å². The Kier molecular flexibility index (Phi) is 5.79. The predicted molar refractivity (Wildman–Crippen MR) is 68.4 cm³/mol. The Balaban J connectivity index is 2.77. The van der Waals surface area contributed by atoms with E-state index in [2.05, 4.69) is 10.6 Å². The van der Waals surface area contributed by atoms with Crippen LogP contribution in [-0.2, 0) is 4.74 Å². The largest absolute Gasteiger partial charge is 0.493 e. The molecule has 0 aliphatic rings. The van der Waals surface area contributed by atoms with E-state index in [4.69, 9.17) is 14.2 Å². The topological polar surface area (TPSA) is 68.8 Å². The van der Waals surface area contributed by atoms with E-state index in [0.717, 1.165) is 0 Å². The van der Waals surface area contributed by atoms with Gasteiger partial charge in [-0.15, -0.1) is 0 Å². The zero-order valence-corrected chi connectivity index (χ0v) is 10.8. The monoisotopic (exact) mass is 254 g/mol. The third-order valence-corrected chi connectivity index (χ3v) is 2.19. The van der Waals surface area contributed by atoms with E-state index in [-0.39, 0.29) is 6.03 Å². The Hall–Kier alpha value is -1.95. The van der Waals surface area contributed by atoms with Gasteiger partial charge in [-0.1, -0.05) is 0 Å². The Bertz CT molecular complexity index is 396. The number of amides is 2. The highest BCUT2D eigenvalue weighted by Gasteiger charge is 2.07. The lowest BCUT2D eigenvalue weighted by molar-refractivity contribution is 0.144. The van der Waals surface area contributed by atoms with Crippen molar-refractivity contribution in [2.24, 2.45) is 0 Å². The molecule has 0 aromatic heterocycles. The highest BCUT2D eigenvalue weighted by Crippen LogP contribution is 2.30. The molecule has 0 spiro atoms. The summed E-state index contributed by atoms with van der Waals surface area (Å²) in [6.07, 6.45) is 0. The number of hydrogen-bond acceptors (Lipinski definition) is 4. The molecule has 0 saturated carbocycles. The first kappa shape index (κ1) is 14.1. The maximum atomic E-state index is 11.2. The molecule has 0 bridgehead atoms. The number of rotatable bonds is 6. The van der Waals surface area contributed by atoms with E-state index in [0.29, 0.717) is 30.4 Å². The molecule has 0 heterocycles. The maximum absolute atomic E-state index is 11.2. The summed E-state index contributed by atoms with van der Waals surface area (Å²) in [7, 11) is 4.71. The molecule has 18 heavy (non-hydrogen) atoms. The quantitative estimate of drug-likeness (QED) is 0.754. The number of urea groups is 1. The van der Waals surface area contributed by atoms with Gasteiger partial charge in [-0.3, -0.25) is 0 Å². The van der Waals surface area contributed by atoms with Gasteiger partial charge < -0.3 is 24.8 Å². The van der Waals surface area contributed by atoms with Gasteiger partial charge in [0.15, 0.2) is 11.5 Å². The number of methoxy groups -OCH3 is 2. The number of nitrogens with one attached hydrogen (secondary N) is 2. The van der Waals surface area contributed by atoms with Crippen LogP contribution in [0.25, 0.3) is 0 Å². The molecule has 0 fully saturated rings. The van der Waals surface area contributed by atoms with Crippen LogP contribution in [0, 0.1) is 0 Å². The van der Waals surface area contributed by atoms with Gasteiger partial charge in [0.05, 0.1) is 13.7 Å². The van der Waals surface area contributed by atoms with Crippen LogP contribution >= 0.6 is 0 Å². The third kappa shape index (κ3) is 4.14. The molecular weight excluding hydrogens is 236 g/mol. The van der Waals surface area contributed by atoms with Crippen molar-refractivity contribution < 1.29 is 19.0 Å². The van der Waals surface area contributed by atoms with Crippen molar-refractivity contribution in [3.8, 4) is 11.5 Å². The van der Waals surface area contributed by atoms with Crippen molar-refractivity contribution in [3.63, 3.8) is 0 Å². The van der Waals surface area contributed by atoms with E-state index in [9.17, 15) is 4.79 Å². The molecular formula is C12H18N2O4. The molecule has 0 aliphatic heterocycles. The van der Waals surface area contributed by atoms with Crippen molar-refractivity contribution in [2.75, 3.05) is 39.8 Å². The van der Waals surface area contributed by atoms with E-state index in [1.54, 1.807) is 39.5 Å². The molecule has 1 rings (SSSR count). The molecule has 0 aliphatic carbocycles. The second kappa shape index (κ2) is 7.39. The summed E-state index contributed by atoms with van der Waals surface area (Å²) in [5.41, 5.74) is 0.627. The Morgan fingerprint density at radius 1 is 1.22 bits per heavy atom. The zero-order chi connectivity index (χ0) is 13.4. The van der Waals surface area contributed by atoms with Crippen LogP contribution in [0.2, 0.25) is 0 Å². The van der Waals surface area contributed by atoms with Crippen LogP contribution in [-0.4, -0.2) is 40.5 Å². The fourth-order valence-corrected chi connectivity index (χ4v) is 1.30. The molecule has 0 radical (unpaired) electrons. The minimum atomic E-state index is -0.289. The highest BCUT2D eigenvalue weighted by molar-refractivity contribution is 5.89. The number of carbonyl (C=O) groups is 1. The molecule has 6 heteroatoms. The van der Waals surface area contributed by atoms with Crippen molar-refractivity contribution in [1.29, 1.82) is 0 Å². The second-order valence-electron chi connectivity index (χ2n) is 3.41. The van der Waals surface area contributed by atoms with Gasteiger partial charge in [-0.2, -0.15) is 0 Å². The zero-order valence-electron chi connectivity index (χ0n) is 10.8. The van der Waals surface area contributed by atoms with Gasteiger partial charge in [0.1, 0.15) is 6.61 Å². The summed E-state index contributed by atoms with van der Waals surface area (Å²) in [5.74, 6) is 1.16. The SMILES string of the molecule is CNC(=O)Nc1ccc(OC)c(OCCOC)c1. The Labute approximate surface area is 106 Å². The van der Waals surface area contributed by atoms with Crippen LogP contribution in [0.3, 0.4) is 0 Å². The van der Waals surface area contributed by atoms with Crippen LogP contribution in [0.4, 0.5) is 10.5 Å². The van der Waals surface area contributed by atoms with E-state index < -0.39 is 0 Å². The van der Waals surface area contributed by atoms with Gasteiger partial charge in [0.2, 0.25) is 0 Å². The summed E-state index contributed by atoms with van der Waals surface area (Å²) in [6.45, 7) is 0.895. The average Bonchev–Trinajstić information content (AvgIpc) is 2.39. The maximum Gasteiger partial charge on any atom is 0.318 e. The average molecular weight is 254 g/mol. The van der Waals surface area contributed by atoms with Crippen LogP contribution in [0.5, 0.6) is 11.5 Å². The summed E-state index contributed by atoms with van der Waals surface area (Å²) in [4.78, 5) is 11.2. The molecule has 0 unspecified atom stereocenters. The highest BCUT2D eigenvalue weighted by atomic mass is 16.5. The van der Waals surface area contributed by atoms with Gasteiger partial charge in [0.25, 0.3) is 0 Å². The molecule has 0 saturated heterocycles. The molecule has 1 aromatic carbocycles. The summed E-state index contributed by atoms with van der Waals surface area (Å²) in [5, 5.41) is 5.13. The number of hydrogen-bond donors (Lipinski definition) is 2. The van der Waals surface area contributed by atoms with Gasteiger partial charge in [0, 0.05) is 25.9 Å². The van der Waals surface area contributed by atoms with Gasteiger partial charge >= 0.3 is 6.03 Å². The first-order chi connectivity index (χ1) is 8.71. The van der Waals surface area contributed by atoms with Gasteiger partial charge in [-0.25, -0.2) is 4.79 Å². The molecule has 0 atom stereocenters. The molecule has 100 valence electrons. The standard InChI is InChI=1S/C12H18N2O4/c1-13-12(15)14-9-4-5-10(17-3)11(8-9)18-7-6-16-2/h4-5,8H,6-7H2,1-3H3,(H2,13,14,15). The second-order valence-corrected chi connectivity index (χ2v) is 3.41. The van der Waals surface area contributed by atoms with Crippen molar-refractivity contribution >= 4 is 11.7 Å². The summed E-state index contributed by atoms with van der Waals surface area (Å²) < 4.78 is 15.6. The number of ether oxygens (including phenoxy) is 3. The van der Waals surface area contributed by atoms with Crippen LogP contribution < -0.4 is 20.1 Å². The first-order valence-corrected chi connectivity index (χ1v) is 5.49. The van der Waals surface area contributed by atoms with E-state index >= 15 is 0 Å². The van der Waals surface area contributed by atoms with Crippen molar-refractivity contribution in [2.45, 2.75) is 0 Å². The molecule has 1 aromatic rings. The van der Waals surface area contributed by atoms with Crippen LogP contribution in [0.15, 0.2) is 18.2 Å². The lowest BCUT2D eigenvalue weighted by Crippen LogP contribution is -2.24. The Morgan fingerprint density at radius 3 is 2.61 bits per heavy atom. The number of anilines is 1. The van der Waals surface area contributed by atoms with Crippen molar-refractivity contribution in [3.05, 3.63) is 18.2 Å². The lowest BCUT2D eigenvalue weighted by Gasteiger charge is -2.12. The van der Waals surface area contributed by atoms with Gasteiger partial charge in [-0.05, 0) is 12.1 Å². The molecule has 6 nitrogen and oxygen atoms in total. The first-order valence-electron chi connectivity index (χ1n) is 5.49. The van der Waals surface area contributed by atoms with Crippen LogP contribution in [0.1, 0.15) is 0 Å². The fourth-order valence-electron chi connectivity index (χ4n) is 1.30.